The Morgan fingerprint density at radius 1 is 1.15 bits per heavy atom. The smallest absolute Gasteiger partial charge is 0.256 e. The number of rotatable bonds is 5. The summed E-state index contributed by atoms with van der Waals surface area (Å²) in [5.74, 6) is -0.681. The predicted octanol–water partition coefficient (Wildman–Crippen LogP) is 2.03. The van der Waals surface area contributed by atoms with Crippen molar-refractivity contribution in [2.45, 2.75) is 0 Å². The number of tetrazole rings is 1. The van der Waals surface area contributed by atoms with Gasteiger partial charge in [0.1, 0.15) is 6.33 Å². The summed E-state index contributed by atoms with van der Waals surface area (Å²) in [4.78, 5) is 26.3. The number of benzene rings is 2. The minimum Gasteiger partial charge on any atom is -0.332 e. The van der Waals surface area contributed by atoms with Gasteiger partial charge < -0.3 is 10.2 Å². The molecule has 132 valence electrons. The minimum atomic E-state index is -0.353. The van der Waals surface area contributed by atoms with Crippen LogP contribution in [0.3, 0.4) is 0 Å². The molecule has 0 aliphatic heterocycles. The van der Waals surface area contributed by atoms with Crippen LogP contribution in [0.15, 0.2) is 54.9 Å². The predicted molar refractivity (Wildman–Crippen MR) is 96.2 cm³/mol. The quantitative estimate of drug-likeness (QED) is 0.741. The number of carbonyl (C=O) groups excluding carboxylic acids is 2. The van der Waals surface area contributed by atoms with Gasteiger partial charge in [0.15, 0.2) is 0 Å². The van der Waals surface area contributed by atoms with E-state index in [2.05, 4.69) is 20.8 Å². The lowest BCUT2D eigenvalue weighted by Crippen LogP contribution is -2.35. The zero-order valence-corrected chi connectivity index (χ0v) is 14.6. The van der Waals surface area contributed by atoms with E-state index >= 15 is 0 Å². The first-order valence-electron chi connectivity index (χ1n) is 7.68. The van der Waals surface area contributed by atoms with Gasteiger partial charge in [-0.2, -0.15) is 4.68 Å². The number of nitrogens with one attached hydrogen (secondary N) is 1. The number of anilines is 1. The molecule has 2 amide bonds. The number of carbonyl (C=O) groups is 2. The van der Waals surface area contributed by atoms with Crippen molar-refractivity contribution in [2.75, 3.05) is 18.9 Å². The number of nitrogens with zero attached hydrogens (tertiary/aromatic N) is 5. The average molecular weight is 371 g/mol. The summed E-state index contributed by atoms with van der Waals surface area (Å²) >= 11 is 6.02. The summed E-state index contributed by atoms with van der Waals surface area (Å²) in [7, 11) is 1.55. The van der Waals surface area contributed by atoms with E-state index in [9.17, 15) is 9.59 Å². The molecule has 0 bridgehead atoms. The van der Waals surface area contributed by atoms with Gasteiger partial charge >= 0.3 is 0 Å². The molecule has 0 fully saturated rings. The molecular weight excluding hydrogens is 356 g/mol. The minimum absolute atomic E-state index is 0.131. The van der Waals surface area contributed by atoms with Crippen molar-refractivity contribution in [3.63, 3.8) is 0 Å². The Labute approximate surface area is 154 Å². The molecule has 0 spiro atoms. The number of para-hydroxylation sites is 2. The van der Waals surface area contributed by atoms with Crippen LogP contribution in [-0.4, -0.2) is 50.5 Å². The maximum absolute atomic E-state index is 12.8. The number of aromatic nitrogens is 4. The lowest BCUT2D eigenvalue weighted by Gasteiger charge is -2.18. The van der Waals surface area contributed by atoms with Crippen LogP contribution < -0.4 is 5.32 Å². The summed E-state index contributed by atoms with van der Waals surface area (Å²) in [6.07, 6.45) is 1.40. The molecule has 0 saturated heterocycles. The van der Waals surface area contributed by atoms with Crippen molar-refractivity contribution < 1.29 is 9.59 Å². The van der Waals surface area contributed by atoms with Gasteiger partial charge in [0.25, 0.3) is 5.91 Å². The molecule has 8 nitrogen and oxygen atoms in total. The topological polar surface area (TPSA) is 93.0 Å². The van der Waals surface area contributed by atoms with E-state index in [1.165, 1.54) is 15.9 Å². The second-order valence-electron chi connectivity index (χ2n) is 5.46. The monoisotopic (exact) mass is 370 g/mol. The van der Waals surface area contributed by atoms with E-state index in [1.54, 1.807) is 55.6 Å². The second-order valence-corrected chi connectivity index (χ2v) is 5.87. The number of hydrogen-bond acceptors (Lipinski definition) is 5. The summed E-state index contributed by atoms with van der Waals surface area (Å²) in [5, 5.41) is 14.1. The molecule has 3 rings (SSSR count). The third-order valence-corrected chi connectivity index (χ3v) is 3.94. The molecule has 26 heavy (non-hydrogen) atoms. The summed E-state index contributed by atoms with van der Waals surface area (Å²) in [6, 6.07) is 13.8. The van der Waals surface area contributed by atoms with Crippen LogP contribution in [0.5, 0.6) is 0 Å². The van der Waals surface area contributed by atoms with Gasteiger partial charge in [0.05, 0.1) is 28.5 Å². The molecule has 0 unspecified atom stereocenters. The second kappa shape index (κ2) is 7.75. The van der Waals surface area contributed by atoms with Crippen LogP contribution in [0.4, 0.5) is 5.69 Å². The van der Waals surface area contributed by atoms with E-state index < -0.39 is 0 Å². The van der Waals surface area contributed by atoms with Gasteiger partial charge in [-0.15, -0.1) is 5.10 Å². The Kier molecular flexibility index (Phi) is 5.23. The number of likely N-dealkylation sites (N-methyl/N-ethyl adjacent to an activating group) is 1. The molecule has 0 saturated carbocycles. The molecule has 0 atom stereocenters. The Balaban J connectivity index is 1.73. The molecule has 1 aromatic heterocycles. The van der Waals surface area contributed by atoms with Crippen LogP contribution in [0.1, 0.15) is 10.4 Å². The van der Waals surface area contributed by atoms with Gasteiger partial charge in [-0.25, -0.2) is 0 Å². The van der Waals surface area contributed by atoms with Crippen LogP contribution in [0, 0.1) is 0 Å². The molecular formula is C17H15ClN6O2. The standard InChI is InChI=1S/C17H15ClN6O2/c1-23(10-16(25)20-14-8-4-3-7-13(14)18)17(26)12-6-2-5-9-15(12)24-11-19-21-22-24/h2-9,11H,10H2,1H3,(H,20,25). The summed E-state index contributed by atoms with van der Waals surface area (Å²) in [5.41, 5.74) is 1.41. The maximum Gasteiger partial charge on any atom is 0.256 e. The first-order chi connectivity index (χ1) is 12.6. The van der Waals surface area contributed by atoms with E-state index in [0.717, 1.165) is 0 Å². The summed E-state index contributed by atoms with van der Waals surface area (Å²) < 4.78 is 1.39. The Bertz CT molecular complexity index is 929. The lowest BCUT2D eigenvalue weighted by atomic mass is 10.1. The van der Waals surface area contributed by atoms with Crippen molar-refractivity contribution >= 4 is 29.1 Å². The first kappa shape index (κ1) is 17.6. The molecule has 2 aromatic carbocycles. The molecule has 0 aliphatic rings. The summed E-state index contributed by atoms with van der Waals surface area (Å²) in [6.45, 7) is -0.131. The van der Waals surface area contributed by atoms with Crippen LogP contribution >= 0.6 is 11.6 Å². The van der Waals surface area contributed by atoms with E-state index in [1.807, 2.05) is 0 Å². The largest absolute Gasteiger partial charge is 0.332 e. The SMILES string of the molecule is CN(CC(=O)Nc1ccccc1Cl)C(=O)c1ccccc1-n1cnnn1. The molecule has 0 aliphatic carbocycles. The van der Waals surface area contributed by atoms with Crippen LogP contribution in [0.2, 0.25) is 5.02 Å². The highest BCUT2D eigenvalue weighted by Gasteiger charge is 2.19. The van der Waals surface area contributed by atoms with Gasteiger partial charge in [0.2, 0.25) is 5.91 Å². The average Bonchev–Trinajstić information content (AvgIpc) is 3.17. The van der Waals surface area contributed by atoms with Crippen molar-refractivity contribution in [1.29, 1.82) is 0 Å². The Morgan fingerprint density at radius 3 is 2.62 bits per heavy atom. The van der Waals surface area contributed by atoms with Gasteiger partial charge in [-0.3, -0.25) is 9.59 Å². The maximum atomic E-state index is 12.8. The fourth-order valence-corrected chi connectivity index (χ4v) is 2.55. The van der Waals surface area contributed by atoms with E-state index in [0.29, 0.717) is 22.0 Å². The van der Waals surface area contributed by atoms with Gasteiger partial charge in [0, 0.05) is 7.05 Å². The first-order valence-corrected chi connectivity index (χ1v) is 8.06. The zero-order valence-electron chi connectivity index (χ0n) is 13.8. The molecule has 1 heterocycles. The zero-order chi connectivity index (χ0) is 18.5. The third kappa shape index (κ3) is 3.86. The number of halogens is 1. The highest BCUT2D eigenvalue weighted by molar-refractivity contribution is 6.33. The van der Waals surface area contributed by atoms with E-state index in [-0.39, 0.29) is 18.4 Å². The molecule has 9 heteroatoms. The van der Waals surface area contributed by atoms with Gasteiger partial charge in [-0.1, -0.05) is 35.9 Å². The number of amides is 2. The number of hydrogen-bond donors (Lipinski definition) is 1. The molecule has 3 aromatic rings. The van der Waals surface area contributed by atoms with Crippen molar-refractivity contribution in [3.05, 3.63) is 65.4 Å². The highest BCUT2D eigenvalue weighted by atomic mass is 35.5. The fourth-order valence-electron chi connectivity index (χ4n) is 2.37. The Morgan fingerprint density at radius 2 is 1.88 bits per heavy atom. The fraction of sp³-hybridized carbons (Fsp3) is 0.118. The van der Waals surface area contributed by atoms with Crippen molar-refractivity contribution in [2.24, 2.45) is 0 Å². The van der Waals surface area contributed by atoms with Crippen molar-refractivity contribution in [1.82, 2.24) is 25.1 Å². The highest BCUT2D eigenvalue weighted by Crippen LogP contribution is 2.20. The molecule has 1 N–H and O–H groups in total. The van der Waals surface area contributed by atoms with Crippen LogP contribution in [0.25, 0.3) is 5.69 Å². The van der Waals surface area contributed by atoms with Crippen molar-refractivity contribution in [3.8, 4) is 5.69 Å². The van der Waals surface area contributed by atoms with Crippen LogP contribution in [-0.2, 0) is 4.79 Å². The normalized spacial score (nSPS) is 10.4. The Hall–Kier alpha value is -3.26. The molecule has 0 radical (unpaired) electrons. The lowest BCUT2D eigenvalue weighted by molar-refractivity contribution is -0.116. The third-order valence-electron chi connectivity index (χ3n) is 3.61. The van der Waals surface area contributed by atoms with Gasteiger partial charge in [-0.05, 0) is 34.7 Å². The van der Waals surface area contributed by atoms with E-state index in [4.69, 9.17) is 11.6 Å².